The van der Waals surface area contributed by atoms with E-state index in [0.717, 1.165) is 12.8 Å². The summed E-state index contributed by atoms with van der Waals surface area (Å²) in [7, 11) is 0. The van der Waals surface area contributed by atoms with Gasteiger partial charge in [0.1, 0.15) is 0 Å². The molecule has 0 aromatic heterocycles. The highest BCUT2D eigenvalue weighted by Gasteiger charge is 2.39. The van der Waals surface area contributed by atoms with Crippen molar-refractivity contribution in [1.82, 2.24) is 0 Å². The lowest BCUT2D eigenvalue weighted by Crippen LogP contribution is -2.36. The van der Waals surface area contributed by atoms with E-state index in [1.807, 2.05) is 0 Å². The second-order valence-corrected chi connectivity index (χ2v) is 5.58. The molecule has 2 unspecified atom stereocenters. The summed E-state index contributed by atoms with van der Waals surface area (Å²) in [6.07, 6.45) is 1.91. The first-order chi connectivity index (χ1) is 5.83. The number of rotatable bonds is 2. The smallest absolute Gasteiger partial charge is 0.0927 e. The third-order valence-corrected chi connectivity index (χ3v) is 2.95. The minimum absolute atomic E-state index is 0.287. The predicted octanol–water partition coefficient (Wildman–Crippen LogP) is 2.21. The van der Waals surface area contributed by atoms with Gasteiger partial charge in [0.15, 0.2) is 0 Å². The first kappa shape index (κ1) is 11.0. The van der Waals surface area contributed by atoms with Gasteiger partial charge in [-0.25, -0.2) is 0 Å². The second-order valence-electron chi connectivity index (χ2n) is 5.58. The van der Waals surface area contributed by atoms with Gasteiger partial charge in [-0.3, -0.25) is 0 Å². The summed E-state index contributed by atoms with van der Waals surface area (Å²) in [5, 5.41) is 10.2. The molecule has 0 bridgehead atoms. The van der Waals surface area contributed by atoms with Crippen molar-refractivity contribution in [2.45, 2.75) is 46.1 Å². The fourth-order valence-corrected chi connectivity index (χ4v) is 1.62. The van der Waals surface area contributed by atoms with Crippen LogP contribution in [0.15, 0.2) is 0 Å². The Kier molecular flexibility index (Phi) is 3.03. The van der Waals surface area contributed by atoms with Crippen molar-refractivity contribution in [3.8, 4) is 0 Å². The minimum Gasteiger partial charge on any atom is -0.387 e. The van der Waals surface area contributed by atoms with Crippen LogP contribution in [0.5, 0.6) is 0 Å². The van der Waals surface area contributed by atoms with E-state index >= 15 is 0 Å². The maximum Gasteiger partial charge on any atom is 0.0927 e. The molecule has 1 N–H and O–H groups in total. The number of hydrogen-bond donors (Lipinski definition) is 1. The highest BCUT2D eigenvalue weighted by Crippen LogP contribution is 2.33. The molecule has 2 atom stereocenters. The van der Waals surface area contributed by atoms with Crippen molar-refractivity contribution in [3.05, 3.63) is 0 Å². The minimum atomic E-state index is -0.562. The van der Waals surface area contributed by atoms with Gasteiger partial charge in [0, 0.05) is 5.92 Å². The van der Waals surface area contributed by atoms with E-state index in [1.54, 1.807) is 0 Å². The third kappa shape index (κ3) is 2.96. The van der Waals surface area contributed by atoms with Crippen LogP contribution in [0.3, 0.4) is 0 Å². The van der Waals surface area contributed by atoms with E-state index in [-0.39, 0.29) is 5.92 Å². The van der Waals surface area contributed by atoms with E-state index in [4.69, 9.17) is 4.74 Å². The number of ether oxygens (including phenoxy) is 1. The van der Waals surface area contributed by atoms with Gasteiger partial charge in [-0.15, -0.1) is 0 Å². The van der Waals surface area contributed by atoms with Crippen LogP contribution in [0.4, 0.5) is 0 Å². The summed E-state index contributed by atoms with van der Waals surface area (Å²) in [6, 6.07) is 0. The molecule has 78 valence electrons. The first-order valence-corrected chi connectivity index (χ1v) is 5.14. The standard InChI is InChI=1S/C11H22O2/c1-9-7-13-8-11(9,12)6-5-10(2,3)4/h9,12H,5-8H2,1-4H3. The highest BCUT2D eigenvalue weighted by molar-refractivity contribution is 4.89. The van der Waals surface area contributed by atoms with Crippen molar-refractivity contribution in [1.29, 1.82) is 0 Å². The average Bonchev–Trinajstić information content (AvgIpc) is 2.29. The summed E-state index contributed by atoms with van der Waals surface area (Å²) < 4.78 is 5.29. The number of hydrogen-bond acceptors (Lipinski definition) is 2. The number of aliphatic hydroxyl groups is 1. The third-order valence-electron chi connectivity index (χ3n) is 2.95. The van der Waals surface area contributed by atoms with Crippen molar-refractivity contribution >= 4 is 0 Å². The Hall–Kier alpha value is -0.0800. The monoisotopic (exact) mass is 186 g/mol. The lowest BCUT2D eigenvalue weighted by Gasteiger charge is -2.29. The molecule has 0 amide bonds. The summed E-state index contributed by atoms with van der Waals surface area (Å²) in [4.78, 5) is 0. The summed E-state index contributed by atoms with van der Waals surface area (Å²) in [6.45, 7) is 9.91. The Bertz CT molecular complexity index is 171. The molecule has 0 aromatic rings. The van der Waals surface area contributed by atoms with Crippen LogP contribution in [-0.2, 0) is 4.74 Å². The van der Waals surface area contributed by atoms with Crippen LogP contribution in [0.25, 0.3) is 0 Å². The molecular weight excluding hydrogens is 164 g/mol. The molecule has 0 aromatic carbocycles. The van der Waals surface area contributed by atoms with Crippen LogP contribution in [0.1, 0.15) is 40.5 Å². The van der Waals surface area contributed by atoms with Gasteiger partial charge < -0.3 is 9.84 Å². The Morgan fingerprint density at radius 1 is 1.46 bits per heavy atom. The summed E-state index contributed by atoms with van der Waals surface area (Å²) >= 11 is 0. The predicted molar refractivity (Wildman–Crippen MR) is 53.6 cm³/mol. The molecule has 1 aliphatic heterocycles. The molecule has 1 fully saturated rings. The molecule has 0 saturated carbocycles. The maximum atomic E-state index is 10.2. The zero-order valence-electron chi connectivity index (χ0n) is 9.26. The molecule has 1 saturated heterocycles. The van der Waals surface area contributed by atoms with Crippen molar-refractivity contribution in [2.24, 2.45) is 11.3 Å². The van der Waals surface area contributed by atoms with Gasteiger partial charge in [-0.1, -0.05) is 27.7 Å². The lowest BCUT2D eigenvalue weighted by molar-refractivity contribution is -0.0107. The topological polar surface area (TPSA) is 29.5 Å². The molecular formula is C11H22O2. The molecule has 0 spiro atoms. The van der Waals surface area contributed by atoms with E-state index in [1.165, 1.54) is 0 Å². The molecule has 13 heavy (non-hydrogen) atoms. The van der Waals surface area contributed by atoms with Gasteiger partial charge >= 0.3 is 0 Å². The van der Waals surface area contributed by atoms with Crippen LogP contribution in [0.2, 0.25) is 0 Å². The molecule has 1 heterocycles. The summed E-state index contributed by atoms with van der Waals surface area (Å²) in [5.41, 5.74) is -0.259. The Morgan fingerprint density at radius 3 is 2.46 bits per heavy atom. The highest BCUT2D eigenvalue weighted by atomic mass is 16.5. The lowest BCUT2D eigenvalue weighted by atomic mass is 9.81. The van der Waals surface area contributed by atoms with Crippen LogP contribution >= 0.6 is 0 Å². The van der Waals surface area contributed by atoms with Crippen LogP contribution in [-0.4, -0.2) is 23.9 Å². The quantitative estimate of drug-likeness (QED) is 0.716. The molecule has 0 radical (unpaired) electrons. The zero-order chi connectivity index (χ0) is 10.1. The van der Waals surface area contributed by atoms with Crippen molar-refractivity contribution in [2.75, 3.05) is 13.2 Å². The first-order valence-electron chi connectivity index (χ1n) is 5.14. The molecule has 1 aliphatic rings. The maximum absolute atomic E-state index is 10.2. The van der Waals surface area contributed by atoms with E-state index < -0.39 is 5.60 Å². The van der Waals surface area contributed by atoms with Gasteiger partial charge in [0.25, 0.3) is 0 Å². The van der Waals surface area contributed by atoms with Gasteiger partial charge in [-0.2, -0.15) is 0 Å². The van der Waals surface area contributed by atoms with E-state index in [0.29, 0.717) is 18.6 Å². The average molecular weight is 186 g/mol. The second kappa shape index (κ2) is 3.58. The van der Waals surface area contributed by atoms with Crippen LogP contribution < -0.4 is 0 Å². The summed E-state index contributed by atoms with van der Waals surface area (Å²) in [5.74, 6) is 0.287. The normalized spacial score (nSPS) is 35.3. The molecule has 2 heteroatoms. The Balaban J connectivity index is 2.43. The fraction of sp³-hybridized carbons (Fsp3) is 1.00. The largest absolute Gasteiger partial charge is 0.387 e. The Labute approximate surface area is 81.3 Å². The fourth-order valence-electron chi connectivity index (χ4n) is 1.62. The van der Waals surface area contributed by atoms with Crippen molar-refractivity contribution in [3.63, 3.8) is 0 Å². The Morgan fingerprint density at radius 2 is 2.08 bits per heavy atom. The van der Waals surface area contributed by atoms with Gasteiger partial charge in [-0.05, 0) is 18.3 Å². The molecule has 2 nitrogen and oxygen atoms in total. The van der Waals surface area contributed by atoms with Crippen LogP contribution in [0, 0.1) is 11.3 Å². The van der Waals surface area contributed by atoms with Gasteiger partial charge in [0.2, 0.25) is 0 Å². The van der Waals surface area contributed by atoms with E-state index in [2.05, 4.69) is 27.7 Å². The van der Waals surface area contributed by atoms with Crippen molar-refractivity contribution < 1.29 is 9.84 Å². The van der Waals surface area contributed by atoms with E-state index in [9.17, 15) is 5.11 Å². The zero-order valence-corrected chi connectivity index (χ0v) is 9.26. The molecule has 1 rings (SSSR count). The van der Waals surface area contributed by atoms with Gasteiger partial charge in [0.05, 0.1) is 18.8 Å². The SMILES string of the molecule is CC1COCC1(O)CCC(C)(C)C. The molecule has 0 aliphatic carbocycles.